The molecule has 9 heavy (non-hydrogen) atoms. The Bertz CT molecular complexity index is 139. The molecule has 0 unspecified atom stereocenters. The number of hydrogen-bond donors (Lipinski definition) is 2. The molecule has 0 atom stereocenters. The van der Waals surface area contributed by atoms with Crippen molar-refractivity contribution >= 4 is 30.2 Å². The first-order valence-corrected chi connectivity index (χ1v) is 5.56. The first-order valence-electron chi connectivity index (χ1n) is 2.35. The lowest BCUT2D eigenvalue weighted by molar-refractivity contribution is 0.386. The second kappa shape index (κ2) is 4.44. The Balaban J connectivity index is 3.58. The van der Waals surface area contributed by atoms with Gasteiger partial charge in [-0.3, -0.25) is 4.57 Å². The summed E-state index contributed by atoms with van der Waals surface area (Å²) in [6.07, 6.45) is 2.21. The van der Waals surface area contributed by atoms with Crippen molar-refractivity contribution < 1.29 is 14.4 Å². The summed E-state index contributed by atoms with van der Waals surface area (Å²) in [5.74, 6) is 0.936. The highest BCUT2D eigenvalue weighted by Gasteiger charge is 2.03. The summed E-state index contributed by atoms with van der Waals surface area (Å²) in [5.41, 5.74) is 0. The molecule has 3 nitrogen and oxygen atoms in total. The minimum atomic E-state index is -3.88. The van der Waals surface area contributed by atoms with Crippen LogP contribution in [0.5, 0.6) is 0 Å². The van der Waals surface area contributed by atoms with E-state index in [4.69, 9.17) is 9.79 Å². The van der Waals surface area contributed by atoms with E-state index in [2.05, 4.69) is 22.6 Å². The molecule has 0 spiro atoms. The van der Waals surface area contributed by atoms with Gasteiger partial charge in [-0.2, -0.15) is 0 Å². The lowest BCUT2D eigenvalue weighted by atomic mass is 10.5. The summed E-state index contributed by atoms with van der Waals surface area (Å²) in [6.45, 7) is 0. The van der Waals surface area contributed by atoms with E-state index < -0.39 is 7.60 Å². The Kier molecular flexibility index (Phi) is 4.74. The Morgan fingerprint density at radius 2 is 2.11 bits per heavy atom. The van der Waals surface area contributed by atoms with Gasteiger partial charge in [-0.25, -0.2) is 0 Å². The molecule has 0 aromatic heterocycles. The van der Waals surface area contributed by atoms with Crippen molar-refractivity contribution in [2.24, 2.45) is 0 Å². The molecule has 0 aliphatic heterocycles. The molecular weight excluding hydrogens is 254 g/mol. The van der Waals surface area contributed by atoms with Crippen LogP contribution in [0.15, 0.2) is 11.9 Å². The summed E-state index contributed by atoms with van der Waals surface area (Å²) >= 11 is 2.13. The smallest absolute Gasteiger partial charge is 0.321 e. The highest BCUT2D eigenvalue weighted by Crippen LogP contribution is 2.35. The number of halogens is 1. The van der Waals surface area contributed by atoms with Gasteiger partial charge in [0.1, 0.15) is 0 Å². The van der Waals surface area contributed by atoms with Gasteiger partial charge in [-0.1, -0.05) is 28.7 Å². The van der Waals surface area contributed by atoms with Gasteiger partial charge in [0, 0.05) is 10.2 Å². The predicted molar refractivity (Wildman–Crippen MR) is 44.7 cm³/mol. The maximum atomic E-state index is 10.1. The molecule has 0 heterocycles. The first-order chi connectivity index (χ1) is 4.06. The highest BCUT2D eigenvalue weighted by atomic mass is 127. The van der Waals surface area contributed by atoms with Gasteiger partial charge in [0.05, 0.1) is 0 Å². The summed E-state index contributed by atoms with van der Waals surface area (Å²) < 4.78 is 11.0. The number of rotatable bonds is 3. The summed E-state index contributed by atoms with van der Waals surface area (Å²) in [6, 6.07) is 0. The minimum absolute atomic E-state index is 0.714. The van der Waals surface area contributed by atoms with Crippen molar-refractivity contribution in [3.63, 3.8) is 0 Å². The van der Waals surface area contributed by atoms with Gasteiger partial charge < -0.3 is 9.79 Å². The molecule has 0 radical (unpaired) electrons. The van der Waals surface area contributed by atoms with Crippen molar-refractivity contribution in [2.75, 3.05) is 4.43 Å². The van der Waals surface area contributed by atoms with Gasteiger partial charge >= 0.3 is 7.60 Å². The zero-order valence-corrected chi connectivity index (χ0v) is 7.75. The van der Waals surface area contributed by atoms with Crippen LogP contribution in [-0.2, 0) is 4.57 Å². The van der Waals surface area contributed by atoms with Crippen LogP contribution in [0.4, 0.5) is 0 Å². The second-order valence-electron chi connectivity index (χ2n) is 1.45. The van der Waals surface area contributed by atoms with Crippen LogP contribution in [0.25, 0.3) is 0 Å². The number of alkyl halides is 1. The Hall–Kier alpha value is 0.620. The molecule has 0 bridgehead atoms. The molecule has 0 saturated heterocycles. The van der Waals surface area contributed by atoms with E-state index >= 15 is 0 Å². The van der Waals surface area contributed by atoms with E-state index in [0.717, 1.165) is 10.2 Å². The first kappa shape index (κ1) is 9.62. The lowest BCUT2D eigenvalue weighted by Crippen LogP contribution is -1.70. The largest absolute Gasteiger partial charge is 0.348 e. The van der Waals surface area contributed by atoms with Crippen LogP contribution in [0.3, 0.4) is 0 Å². The van der Waals surface area contributed by atoms with Gasteiger partial charge in [-0.15, -0.1) is 0 Å². The average Bonchev–Trinajstić information content (AvgIpc) is 1.63. The molecule has 0 saturated carbocycles. The Morgan fingerprint density at radius 3 is 2.44 bits per heavy atom. The quantitative estimate of drug-likeness (QED) is 0.460. The van der Waals surface area contributed by atoms with Gasteiger partial charge in [-0.05, 0) is 6.42 Å². The number of hydrogen-bond acceptors (Lipinski definition) is 1. The van der Waals surface area contributed by atoms with Gasteiger partial charge in [0.15, 0.2) is 0 Å². The van der Waals surface area contributed by atoms with Crippen molar-refractivity contribution in [1.29, 1.82) is 0 Å². The van der Waals surface area contributed by atoms with Crippen LogP contribution >= 0.6 is 30.2 Å². The van der Waals surface area contributed by atoms with Crippen LogP contribution in [0.2, 0.25) is 0 Å². The normalized spacial score (nSPS) is 12.8. The molecule has 0 aliphatic rings. The van der Waals surface area contributed by atoms with E-state index in [-0.39, 0.29) is 0 Å². The SMILES string of the molecule is O=P(O)(O)/C=C/CCI. The topological polar surface area (TPSA) is 57.5 Å². The number of allylic oxidation sites excluding steroid dienone is 1. The molecule has 0 aliphatic carbocycles. The van der Waals surface area contributed by atoms with E-state index in [1.54, 1.807) is 0 Å². The fraction of sp³-hybridized carbons (Fsp3) is 0.500. The van der Waals surface area contributed by atoms with Gasteiger partial charge in [0.25, 0.3) is 0 Å². The molecule has 5 heteroatoms. The predicted octanol–water partition coefficient (Wildman–Crippen LogP) is 1.50. The van der Waals surface area contributed by atoms with Crippen LogP contribution in [0, 0.1) is 0 Å². The Labute approximate surface area is 67.5 Å². The summed E-state index contributed by atoms with van der Waals surface area (Å²) in [5, 5.41) is 0. The zero-order valence-electron chi connectivity index (χ0n) is 4.70. The fourth-order valence-corrected chi connectivity index (χ4v) is 1.06. The van der Waals surface area contributed by atoms with Crippen LogP contribution in [0.1, 0.15) is 6.42 Å². The zero-order chi connectivity index (χ0) is 7.33. The fourth-order valence-electron chi connectivity index (χ4n) is 0.275. The molecule has 0 fully saturated rings. The lowest BCUT2D eigenvalue weighted by Gasteiger charge is -1.91. The standard InChI is InChI=1S/C4H8IO3P/c5-3-1-2-4-9(6,7)8/h2,4H,1,3H2,(H2,6,7,8)/b4-2+. The summed E-state index contributed by atoms with van der Waals surface area (Å²) in [4.78, 5) is 16.5. The monoisotopic (exact) mass is 262 g/mol. The van der Waals surface area contributed by atoms with Crippen molar-refractivity contribution in [1.82, 2.24) is 0 Å². The van der Waals surface area contributed by atoms with E-state index in [1.807, 2.05) is 0 Å². The molecule has 0 amide bonds. The second-order valence-corrected chi connectivity index (χ2v) is 4.01. The summed E-state index contributed by atoms with van der Waals surface area (Å²) in [7, 11) is -3.88. The van der Waals surface area contributed by atoms with E-state index in [0.29, 0.717) is 6.42 Å². The third-order valence-electron chi connectivity index (χ3n) is 0.575. The maximum Gasteiger partial charge on any atom is 0.348 e. The third-order valence-corrected chi connectivity index (χ3v) is 1.80. The van der Waals surface area contributed by atoms with E-state index in [1.165, 1.54) is 6.08 Å². The highest BCUT2D eigenvalue weighted by molar-refractivity contribution is 14.1. The molecular formula is C4H8IO3P. The molecule has 0 aromatic carbocycles. The van der Waals surface area contributed by atoms with Crippen molar-refractivity contribution in [3.05, 3.63) is 11.9 Å². The molecule has 0 aromatic rings. The maximum absolute atomic E-state index is 10.1. The molecule has 2 N–H and O–H groups in total. The molecule has 54 valence electrons. The van der Waals surface area contributed by atoms with Crippen LogP contribution < -0.4 is 0 Å². The van der Waals surface area contributed by atoms with Crippen LogP contribution in [-0.4, -0.2) is 14.2 Å². The van der Waals surface area contributed by atoms with Crippen molar-refractivity contribution in [3.8, 4) is 0 Å². The van der Waals surface area contributed by atoms with Crippen molar-refractivity contribution in [2.45, 2.75) is 6.42 Å². The average molecular weight is 262 g/mol. The Morgan fingerprint density at radius 1 is 1.56 bits per heavy atom. The van der Waals surface area contributed by atoms with E-state index in [9.17, 15) is 4.57 Å². The molecule has 0 rings (SSSR count). The van der Waals surface area contributed by atoms with Gasteiger partial charge in [0.2, 0.25) is 0 Å². The minimum Gasteiger partial charge on any atom is -0.321 e. The third kappa shape index (κ3) is 8.62.